The molecule has 1 aliphatic carbocycles. The van der Waals surface area contributed by atoms with E-state index >= 15 is 0 Å². The van der Waals surface area contributed by atoms with E-state index in [1.165, 1.54) is 12.8 Å². The van der Waals surface area contributed by atoms with E-state index in [9.17, 15) is 9.59 Å². The minimum atomic E-state index is -2.28. The van der Waals surface area contributed by atoms with Gasteiger partial charge in [-0.3, -0.25) is 0 Å². The van der Waals surface area contributed by atoms with Gasteiger partial charge in [0.05, 0.1) is 0 Å². The van der Waals surface area contributed by atoms with Crippen LogP contribution in [0.1, 0.15) is 61.6 Å². The molecule has 5 nitrogen and oxygen atoms in total. The molecule has 1 amide bonds. The van der Waals surface area contributed by atoms with Gasteiger partial charge in [0.1, 0.15) is 0 Å². The van der Waals surface area contributed by atoms with E-state index in [0.29, 0.717) is 12.8 Å². The van der Waals surface area contributed by atoms with E-state index in [1.807, 2.05) is 56.3 Å². The van der Waals surface area contributed by atoms with Gasteiger partial charge in [-0.2, -0.15) is 0 Å². The fourth-order valence-corrected chi connectivity index (χ4v) is 12.7. The molecule has 2 aromatic carbocycles. The first-order chi connectivity index (χ1) is 16.9. The van der Waals surface area contributed by atoms with Gasteiger partial charge in [0, 0.05) is 0 Å². The summed E-state index contributed by atoms with van der Waals surface area (Å²) in [7, 11) is -0.621. The molecule has 1 saturated heterocycles. The molecular weight excluding hydrogens is 457 g/mol. The van der Waals surface area contributed by atoms with Gasteiger partial charge < -0.3 is 0 Å². The van der Waals surface area contributed by atoms with Crippen LogP contribution in [0, 0.1) is 13.8 Å². The summed E-state index contributed by atoms with van der Waals surface area (Å²) in [6, 6.07) is 13.8. The summed E-state index contributed by atoms with van der Waals surface area (Å²) >= 11 is 0. The van der Waals surface area contributed by atoms with E-state index in [-0.39, 0.29) is 17.0 Å². The van der Waals surface area contributed by atoms with Crippen LogP contribution in [-0.4, -0.2) is 42.6 Å². The molecule has 2 fully saturated rings. The van der Waals surface area contributed by atoms with Gasteiger partial charge in [0.25, 0.3) is 0 Å². The summed E-state index contributed by atoms with van der Waals surface area (Å²) < 4.78 is 11.2. The standard InChI is InChI=1S/C29H40NO4P/c1-22-18-25(33-3)19-23(2)27(22)30-28(32)29(14-11-15-29)35(16-9-4-5-10-17-35)21-26(31)34-20-24-12-7-6-8-13-24/h6-8,12-13,18-19,35H,4-5,9-11,14-17,20-21H2,1-3H3,(H,30,32). The molecule has 6 heteroatoms. The Hall–Kier alpha value is -2.39. The second-order valence-electron chi connectivity index (χ2n) is 10.5. The Morgan fingerprint density at radius 1 is 0.943 bits per heavy atom. The number of ether oxygens (including phenoxy) is 2. The Labute approximate surface area is 210 Å². The van der Waals surface area contributed by atoms with Crippen molar-refractivity contribution in [2.75, 3.05) is 30.9 Å². The topological polar surface area (TPSA) is 64.6 Å². The summed E-state index contributed by atoms with van der Waals surface area (Å²) in [5.41, 5.74) is 3.89. The Morgan fingerprint density at radius 2 is 1.57 bits per heavy atom. The molecule has 0 unspecified atom stereocenters. The molecule has 2 aliphatic rings. The summed E-state index contributed by atoms with van der Waals surface area (Å²) in [4.78, 5) is 27.3. The first-order valence-corrected chi connectivity index (χ1v) is 15.7. The number of carbonyl (C=O) groups excluding carboxylic acids is 2. The Balaban J connectivity index is 1.58. The molecular formula is C29H40NO4P. The maximum atomic E-state index is 14.1. The van der Waals surface area contributed by atoms with Crippen LogP contribution in [0.5, 0.6) is 5.75 Å². The summed E-state index contributed by atoms with van der Waals surface area (Å²) in [5.74, 6) is 0.801. The van der Waals surface area contributed by atoms with Gasteiger partial charge in [-0.25, -0.2) is 0 Å². The van der Waals surface area contributed by atoms with Crippen molar-refractivity contribution in [1.82, 2.24) is 0 Å². The first-order valence-electron chi connectivity index (χ1n) is 13.1. The third kappa shape index (κ3) is 5.40. The molecule has 0 aromatic heterocycles. The van der Waals surface area contributed by atoms with Crippen molar-refractivity contribution in [2.45, 2.75) is 70.6 Å². The number of nitrogens with one attached hydrogen (secondary N) is 1. The zero-order chi connectivity index (χ0) is 24.9. The summed E-state index contributed by atoms with van der Waals surface area (Å²) in [5, 5.41) is 2.95. The molecule has 0 atom stereocenters. The SMILES string of the molecule is COc1cc(C)c(NC(=O)C2([PH]3(CC(=O)OCc4ccccc4)CCCCCC3)CCC2)c(C)c1. The van der Waals surface area contributed by atoms with Gasteiger partial charge in [-0.05, 0) is 0 Å². The van der Waals surface area contributed by atoms with Crippen molar-refractivity contribution in [3.8, 4) is 5.75 Å². The van der Waals surface area contributed by atoms with Crippen LogP contribution < -0.4 is 10.1 Å². The fraction of sp³-hybridized carbons (Fsp3) is 0.517. The predicted octanol–water partition coefficient (Wildman–Crippen LogP) is 6.24. The van der Waals surface area contributed by atoms with Crippen LogP contribution in [0.15, 0.2) is 42.5 Å². The quantitative estimate of drug-likeness (QED) is 0.346. The van der Waals surface area contributed by atoms with Crippen molar-refractivity contribution in [3.05, 3.63) is 59.2 Å². The molecule has 0 radical (unpaired) electrons. The monoisotopic (exact) mass is 497 g/mol. The number of aryl methyl sites for hydroxylation is 2. The van der Waals surface area contributed by atoms with Crippen molar-refractivity contribution in [3.63, 3.8) is 0 Å². The normalized spacial score (nSPS) is 19.5. The third-order valence-electron chi connectivity index (χ3n) is 8.42. The van der Waals surface area contributed by atoms with E-state index < -0.39 is 7.26 Å². The molecule has 1 aliphatic heterocycles. The van der Waals surface area contributed by atoms with Gasteiger partial charge in [-0.15, -0.1) is 0 Å². The number of esters is 1. The molecule has 1 N–H and O–H groups in total. The second-order valence-corrected chi connectivity index (χ2v) is 15.4. The van der Waals surface area contributed by atoms with Gasteiger partial charge >= 0.3 is 210 Å². The van der Waals surface area contributed by atoms with Crippen LogP contribution >= 0.6 is 7.26 Å². The van der Waals surface area contributed by atoms with Crippen LogP contribution in [0.3, 0.4) is 0 Å². The average molecular weight is 498 g/mol. The van der Waals surface area contributed by atoms with Crippen molar-refractivity contribution >= 4 is 24.8 Å². The molecule has 35 heavy (non-hydrogen) atoms. The summed E-state index contributed by atoms with van der Waals surface area (Å²) in [6.45, 7) is 4.32. The van der Waals surface area contributed by atoms with E-state index in [4.69, 9.17) is 9.47 Å². The number of methoxy groups -OCH3 is 1. The number of amides is 1. The van der Waals surface area contributed by atoms with Crippen molar-refractivity contribution < 1.29 is 19.1 Å². The van der Waals surface area contributed by atoms with E-state index in [1.54, 1.807) is 7.11 Å². The Kier molecular flexibility index (Phi) is 8.16. The third-order valence-corrected chi connectivity index (χ3v) is 14.8. The van der Waals surface area contributed by atoms with E-state index in [2.05, 4.69) is 5.32 Å². The fourth-order valence-electron chi connectivity index (χ4n) is 6.30. The molecule has 0 spiro atoms. The van der Waals surface area contributed by atoms with Crippen molar-refractivity contribution in [2.24, 2.45) is 0 Å². The van der Waals surface area contributed by atoms with Crippen LogP contribution in [-0.2, 0) is 20.9 Å². The van der Waals surface area contributed by atoms with Crippen LogP contribution in [0.4, 0.5) is 5.69 Å². The summed E-state index contributed by atoms with van der Waals surface area (Å²) in [6.07, 6.45) is 10.0. The van der Waals surface area contributed by atoms with E-state index in [0.717, 1.165) is 72.6 Å². The molecule has 4 rings (SSSR count). The molecule has 1 saturated carbocycles. The number of benzene rings is 2. The number of carbonyl (C=O) groups is 2. The number of rotatable bonds is 8. The number of anilines is 1. The zero-order valence-corrected chi connectivity index (χ0v) is 22.5. The van der Waals surface area contributed by atoms with Gasteiger partial charge in [-0.1, -0.05) is 0 Å². The minimum absolute atomic E-state index is 0.127. The second kappa shape index (κ2) is 11.1. The number of hydrogen-bond donors (Lipinski definition) is 1. The van der Waals surface area contributed by atoms with Gasteiger partial charge in [0.2, 0.25) is 0 Å². The average Bonchev–Trinajstić information content (AvgIpc) is 3.06. The Bertz CT molecular complexity index is 1020. The van der Waals surface area contributed by atoms with Gasteiger partial charge in [0.15, 0.2) is 0 Å². The van der Waals surface area contributed by atoms with Crippen molar-refractivity contribution in [1.29, 1.82) is 0 Å². The zero-order valence-electron chi connectivity index (χ0n) is 21.5. The molecule has 0 bridgehead atoms. The predicted molar refractivity (Wildman–Crippen MR) is 145 cm³/mol. The molecule has 1 heterocycles. The van der Waals surface area contributed by atoms with Crippen LogP contribution in [0.2, 0.25) is 0 Å². The van der Waals surface area contributed by atoms with Crippen LogP contribution in [0.25, 0.3) is 0 Å². The maximum absolute atomic E-state index is 14.1. The number of hydrogen-bond acceptors (Lipinski definition) is 4. The Morgan fingerprint density at radius 3 is 2.11 bits per heavy atom. The molecule has 190 valence electrons. The molecule has 2 aromatic rings. The first kappa shape index (κ1) is 25.7.